The molecule has 1 N–H and O–H groups in total. The average molecular weight is 408 g/mol. The number of rotatable bonds is 7. The summed E-state index contributed by atoms with van der Waals surface area (Å²) in [5.74, 6) is 0.878. The summed E-state index contributed by atoms with van der Waals surface area (Å²) in [7, 11) is 1.62. The van der Waals surface area contributed by atoms with E-state index in [0.717, 1.165) is 23.3 Å². The third-order valence-electron chi connectivity index (χ3n) is 4.07. The molecule has 0 saturated heterocycles. The van der Waals surface area contributed by atoms with Crippen molar-refractivity contribution in [1.29, 1.82) is 0 Å². The molecule has 0 aliphatic heterocycles. The van der Waals surface area contributed by atoms with Crippen molar-refractivity contribution in [2.75, 3.05) is 7.11 Å². The molecule has 9 heteroatoms. The van der Waals surface area contributed by atoms with Gasteiger partial charge in [0.15, 0.2) is 16.7 Å². The Balaban J connectivity index is 1.70. The first kappa shape index (κ1) is 18.8. The monoisotopic (exact) mass is 408 g/mol. The summed E-state index contributed by atoms with van der Waals surface area (Å²) in [6.07, 6.45) is 1.13. The number of carboxylic acids is 1. The number of para-hydroxylation sites is 1. The second-order valence-electron chi connectivity index (χ2n) is 5.93. The Kier molecular flexibility index (Phi) is 5.30. The van der Waals surface area contributed by atoms with Crippen molar-refractivity contribution in [3.63, 3.8) is 0 Å². The van der Waals surface area contributed by atoms with Crippen LogP contribution in [0.2, 0.25) is 0 Å². The van der Waals surface area contributed by atoms with E-state index in [1.165, 1.54) is 11.8 Å². The van der Waals surface area contributed by atoms with Crippen LogP contribution >= 0.6 is 11.8 Å². The standard InChI is InChI=1S/C20H16N4O4S/c1-27-15-9-5-6-13(10-15)18-22-23-20(24(18)14-7-3-2-4-8-14)29-12-17-21-16(11-28-17)19(25)26/h2-11H,12H2,1H3,(H,25,26). The number of oxazole rings is 1. The Bertz CT molecular complexity index is 1140. The lowest BCUT2D eigenvalue weighted by atomic mass is 10.2. The number of aromatic carboxylic acids is 1. The Morgan fingerprint density at radius 2 is 2.00 bits per heavy atom. The highest BCUT2D eigenvalue weighted by Gasteiger charge is 2.18. The molecule has 4 rings (SSSR count). The number of aromatic nitrogens is 4. The van der Waals surface area contributed by atoms with Crippen LogP contribution in [-0.2, 0) is 5.75 Å². The van der Waals surface area contributed by atoms with Crippen molar-refractivity contribution < 1.29 is 19.1 Å². The van der Waals surface area contributed by atoms with Crippen LogP contribution in [0.15, 0.2) is 70.4 Å². The maximum absolute atomic E-state index is 11.0. The normalized spacial score (nSPS) is 10.8. The van der Waals surface area contributed by atoms with E-state index in [1.807, 2.05) is 59.2 Å². The van der Waals surface area contributed by atoms with Gasteiger partial charge in [0.1, 0.15) is 12.0 Å². The zero-order valence-corrected chi connectivity index (χ0v) is 16.2. The second-order valence-corrected chi connectivity index (χ2v) is 6.87. The topological polar surface area (TPSA) is 103 Å². The molecule has 0 radical (unpaired) electrons. The minimum Gasteiger partial charge on any atom is -0.497 e. The molecule has 0 unspecified atom stereocenters. The summed E-state index contributed by atoms with van der Waals surface area (Å²) >= 11 is 1.35. The van der Waals surface area contributed by atoms with Crippen LogP contribution in [0.4, 0.5) is 0 Å². The Labute approximate surface area is 170 Å². The van der Waals surface area contributed by atoms with Gasteiger partial charge in [-0.25, -0.2) is 9.78 Å². The molecule has 0 spiro atoms. The minimum absolute atomic E-state index is 0.123. The molecule has 2 heterocycles. The van der Waals surface area contributed by atoms with E-state index >= 15 is 0 Å². The lowest BCUT2D eigenvalue weighted by molar-refractivity contribution is 0.0690. The van der Waals surface area contributed by atoms with Gasteiger partial charge in [-0.1, -0.05) is 42.1 Å². The van der Waals surface area contributed by atoms with Gasteiger partial charge in [-0.2, -0.15) is 0 Å². The lowest BCUT2D eigenvalue weighted by Gasteiger charge is -2.10. The van der Waals surface area contributed by atoms with Gasteiger partial charge in [0.2, 0.25) is 5.89 Å². The van der Waals surface area contributed by atoms with Crippen molar-refractivity contribution in [3.8, 4) is 22.8 Å². The fraction of sp³-hybridized carbons (Fsp3) is 0.100. The highest BCUT2D eigenvalue weighted by atomic mass is 32.2. The van der Waals surface area contributed by atoms with Crippen LogP contribution in [0.5, 0.6) is 5.75 Å². The van der Waals surface area contributed by atoms with Crippen LogP contribution in [0, 0.1) is 0 Å². The molecule has 0 atom stereocenters. The van der Waals surface area contributed by atoms with E-state index in [0.29, 0.717) is 22.6 Å². The molecular weight excluding hydrogens is 392 g/mol. The van der Waals surface area contributed by atoms with E-state index < -0.39 is 5.97 Å². The molecule has 0 aliphatic rings. The number of benzene rings is 2. The van der Waals surface area contributed by atoms with E-state index in [2.05, 4.69) is 15.2 Å². The second kappa shape index (κ2) is 8.19. The van der Waals surface area contributed by atoms with Gasteiger partial charge in [-0.3, -0.25) is 4.57 Å². The van der Waals surface area contributed by atoms with Crippen LogP contribution in [0.1, 0.15) is 16.4 Å². The van der Waals surface area contributed by atoms with Crippen LogP contribution in [0.3, 0.4) is 0 Å². The number of nitrogens with zero attached hydrogens (tertiary/aromatic N) is 4. The summed E-state index contributed by atoms with van der Waals surface area (Å²) in [6, 6.07) is 17.3. The first-order valence-electron chi connectivity index (χ1n) is 8.61. The first-order chi connectivity index (χ1) is 14.2. The van der Waals surface area contributed by atoms with Gasteiger partial charge in [-0.05, 0) is 24.3 Å². The van der Waals surface area contributed by atoms with E-state index in [9.17, 15) is 4.79 Å². The highest BCUT2D eigenvalue weighted by Crippen LogP contribution is 2.30. The van der Waals surface area contributed by atoms with Gasteiger partial charge in [0.05, 0.1) is 12.9 Å². The number of thioether (sulfide) groups is 1. The molecule has 0 amide bonds. The van der Waals surface area contributed by atoms with Crippen LogP contribution < -0.4 is 4.74 Å². The third kappa shape index (κ3) is 3.99. The van der Waals surface area contributed by atoms with E-state index in [-0.39, 0.29) is 5.69 Å². The Morgan fingerprint density at radius 3 is 2.72 bits per heavy atom. The molecule has 8 nitrogen and oxygen atoms in total. The minimum atomic E-state index is -1.13. The van der Waals surface area contributed by atoms with Crippen molar-refractivity contribution in [1.82, 2.24) is 19.7 Å². The Hall–Kier alpha value is -3.59. The van der Waals surface area contributed by atoms with E-state index in [4.69, 9.17) is 14.3 Å². The zero-order chi connectivity index (χ0) is 20.2. The number of ether oxygens (including phenoxy) is 1. The number of carboxylic acid groups (broad SMARTS) is 1. The predicted octanol–water partition coefficient (Wildman–Crippen LogP) is 3.92. The maximum Gasteiger partial charge on any atom is 0.357 e. The zero-order valence-electron chi connectivity index (χ0n) is 15.3. The molecule has 146 valence electrons. The van der Waals surface area contributed by atoms with Crippen molar-refractivity contribution in [3.05, 3.63) is 72.4 Å². The highest BCUT2D eigenvalue weighted by molar-refractivity contribution is 7.98. The number of carbonyl (C=O) groups is 1. The first-order valence-corrected chi connectivity index (χ1v) is 9.60. The average Bonchev–Trinajstić information content (AvgIpc) is 3.40. The summed E-state index contributed by atoms with van der Waals surface area (Å²) < 4.78 is 12.5. The molecule has 2 aromatic heterocycles. The molecule has 0 bridgehead atoms. The quantitative estimate of drug-likeness (QED) is 0.459. The number of hydrogen-bond acceptors (Lipinski definition) is 7. The molecular formula is C20H16N4O4S. The maximum atomic E-state index is 11.0. The van der Waals surface area contributed by atoms with E-state index in [1.54, 1.807) is 7.11 Å². The summed E-state index contributed by atoms with van der Waals surface area (Å²) in [5, 5.41) is 18.3. The van der Waals surface area contributed by atoms with Gasteiger partial charge < -0.3 is 14.3 Å². The largest absolute Gasteiger partial charge is 0.497 e. The number of hydrogen-bond donors (Lipinski definition) is 1. The molecule has 0 saturated carbocycles. The van der Waals surface area contributed by atoms with Gasteiger partial charge in [-0.15, -0.1) is 10.2 Å². The molecule has 4 aromatic rings. The molecule has 29 heavy (non-hydrogen) atoms. The fourth-order valence-corrected chi connectivity index (χ4v) is 3.53. The van der Waals surface area contributed by atoms with Crippen LogP contribution in [0.25, 0.3) is 17.1 Å². The van der Waals surface area contributed by atoms with Gasteiger partial charge in [0.25, 0.3) is 0 Å². The van der Waals surface area contributed by atoms with Crippen LogP contribution in [-0.4, -0.2) is 37.9 Å². The molecule has 0 fully saturated rings. The summed E-state index contributed by atoms with van der Waals surface area (Å²) in [5.41, 5.74) is 1.63. The number of methoxy groups -OCH3 is 1. The Morgan fingerprint density at radius 1 is 1.17 bits per heavy atom. The predicted molar refractivity (Wildman–Crippen MR) is 106 cm³/mol. The third-order valence-corrected chi connectivity index (χ3v) is 4.99. The molecule has 2 aromatic carbocycles. The van der Waals surface area contributed by atoms with Gasteiger partial charge >= 0.3 is 5.97 Å². The smallest absolute Gasteiger partial charge is 0.357 e. The lowest BCUT2D eigenvalue weighted by Crippen LogP contribution is -2.00. The fourth-order valence-electron chi connectivity index (χ4n) is 2.72. The van der Waals surface area contributed by atoms with Crippen molar-refractivity contribution >= 4 is 17.7 Å². The summed E-state index contributed by atoms with van der Waals surface area (Å²) in [6.45, 7) is 0. The SMILES string of the molecule is COc1cccc(-c2nnc(SCc3nc(C(=O)O)co3)n2-c2ccccc2)c1. The molecule has 0 aliphatic carbocycles. The van der Waals surface area contributed by atoms with Crippen molar-refractivity contribution in [2.45, 2.75) is 10.9 Å². The van der Waals surface area contributed by atoms with Gasteiger partial charge in [0, 0.05) is 11.3 Å². The van der Waals surface area contributed by atoms with Crippen molar-refractivity contribution in [2.24, 2.45) is 0 Å². The summed E-state index contributed by atoms with van der Waals surface area (Å²) in [4.78, 5) is 14.9.